The van der Waals surface area contributed by atoms with Crippen molar-refractivity contribution in [2.24, 2.45) is 5.14 Å². The van der Waals surface area contributed by atoms with Gasteiger partial charge in [-0.05, 0) is 48.7 Å². The van der Waals surface area contributed by atoms with Gasteiger partial charge in [-0.25, -0.2) is 13.6 Å². The molecule has 0 aliphatic heterocycles. The van der Waals surface area contributed by atoms with Crippen molar-refractivity contribution in [3.63, 3.8) is 0 Å². The van der Waals surface area contributed by atoms with Crippen molar-refractivity contribution < 1.29 is 18.0 Å². The minimum absolute atomic E-state index is 0.0561. The molecule has 0 fully saturated rings. The molecule has 0 saturated heterocycles. The standard InChI is InChI=1S/C19H23N3O4S2/c1-14-3-2-4-16(11-14)22-19(24)13-27-12-18(23)21-10-9-15-5-7-17(8-6-15)28(20,25)26/h2-8,11H,9-10,12-13H2,1H3,(H,21,23)(H,22,24)(H2,20,25,26). The van der Waals surface area contributed by atoms with Gasteiger partial charge in [-0.15, -0.1) is 11.8 Å². The fourth-order valence-corrected chi connectivity index (χ4v) is 3.56. The molecule has 0 heterocycles. The Balaban J connectivity index is 1.64. The largest absolute Gasteiger partial charge is 0.355 e. The molecule has 0 aromatic heterocycles. The van der Waals surface area contributed by atoms with Crippen LogP contribution < -0.4 is 15.8 Å². The highest BCUT2D eigenvalue weighted by Crippen LogP contribution is 2.11. The highest BCUT2D eigenvalue weighted by atomic mass is 32.2. The third kappa shape index (κ3) is 7.71. The molecule has 0 bridgehead atoms. The molecule has 0 saturated carbocycles. The first-order valence-corrected chi connectivity index (χ1v) is 11.3. The molecule has 7 nitrogen and oxygen atoms in total. The van der Waals surface area contributed by atoms with Crippen molar-refractivity contribution in [2.45, 2.75) is 18.2 Å². The van der Waals surface area contributed by atoms with Crippen LogP contribution >= 0.6 is 11.8 Å². The van der Waals surface area contributed by atoms with Crippen molar-refractivity contribution in [3.05, 3.63) is 59.7 Å². The van der Waals surface area contributed by atoms with E-state index < -0.39 is 10.0 Å². The van der Waals surface area contributed by atoms with Crippen LogP contribution in [0.5, 0.6) is 0 Å². The van der Waals surface area contributed by atoms with Gasteiger partial charge in [0.15, 0.2) is 0 Å². The third-order valence-electron chi connectivity index (χ3n) is 3.76. The lowest BCUT2D eigenvalue weighted by atomic mass is 10.1. The molecule has 0 radical (unpaired) electrons. The first kappa shape index (κ1) is 21.9. The van der Waals surface area contributed by atoms with Crippen LogP contribution in [0.3, 0.4) is 0 Å². The SMILES string of the molecule is Cc1cccc(NC(=O)CSCC(=O)NCCc2ccc(S(N)(=O)=O)cc2)c1. The Morgan fingerprint density at radius 3 is 2.36 bits per heavy atom. The van der Waals surface area contributed by atoms with E-state index in [4.69, 9.17) is 5.14 Å². The van der Waals surface area contributed by atoms with Crippen LogP contribution in [-0.2, 0) is 26.0 Å². The molecule has 4 N–H and O–H groups in total. The summed E-state index contributed by atoms with van der Waals surface area (Å²) in [6.07, 6.45) is 0.565. The maximum Gasteiger partial charge on any atom is 0.238 e. The van der Waals surface area contributed by atoms with E-state index in [-0.39, 0.29) is 28.2 Å². The number of carbonyl (C=O) groups excluding carboxylic acids is 2. The molecule has 9 heteroatoms. The molecule has 150 valence electrons. The minimum Gasteiger partial charge on any atom is -0.355 e. The molecular formula is C19H23N3O4S2. The summed E-state index contributed by atoms with van der Waals surface area (Å²) < 4.78 is 22.4. The van der Waals surface area contributed by atoms with Crippen LogP contribution in [0.2, 0.25) is 0 Å². The Bertz CT molecular complexity index is 928. The molecule has 28 heavy (non-hydrogen) atoms. The second kappa shape index (κ2) is 10.3. The average Bonchev–Trinajstić information content (AvgIpc) is 2.61. The molecule has 0 aliphatic carbocycles. The normalized spacial score (nSPS) is 11.1. The number of amides is 2. The number of thioether (sulfide) groups is 1. The van der Waals surface area contributed by atoms with Crippen molar-refractivity contribution in [1.29, 1.82) is 0 Å². The molecule has 0 atom stereocenters. The van der Waals surface area contributed by atoms with Crippen molar-refractivity contribution in [1.82, 2.24) is 5.32 Å². The van der Waals surface area contributed by atoms with Crippen LogP contribution in [0.4, 0.5) is 5.69 Å². The Morgan fingerprint density at radius 1 is 1.04 bits per heavy atom. The van der Waals surface area contributed by atoms with Crippen molar-refractivity contribution >= 4 is 39.3 Å². The van der Waals surface area contributed by atoms with E-state index in [1.807, 2.05) is 31.2 Å². The van der Waals surface area contributed by atoms with Gasteiger partial charge >= 0.3 is 0 Å². The molecule has 2 amide bonds. The van der Waals surface area contributed by atoms with E-state index in [1.54, 1.807) is 12.1 Å². The fourth-order valence-electron chi connectivity index (χ4n) is 2.40. The maximum atomic E-state index is 11.9. The summed E-state index contributed by atoms with van der Waals surface area (Å²) in [6.45, 7) is 2.37. The van der Waals surface area contributed by atoms with Gasteiger partial charge in [0.25, 0.3) is 0 Å². The number of primary sulfonamides is 1. The van der Waals surface area contributed by atoms with E-state index >= 15 is 0 Å². The number of hydrogen-bond acceptors (Lipinski definition) is 5. The lowest BCUT2D eigenvalue weighted by molar-refractivity contribution is -0.118. The first-order chi connectivity index (χ1) is 13.2. The van der Waals surface area contributed by atoms with E-state index in [0.29, 0.717) is 13.0 Å². The number of aryl methyl sites for hydroxylation is 1. The molecule has 2 aromatic rings. The molecule has 2 rings (SSSR count). The summed E-state index contributed by atoms with van der Waals surface area (Å²) in [4.78, 5) is 23.8. The van der Waals surface area contributed by atoms with Gasteiger partial charge in [-0.2, -0.15) is 0 Å². The third-order valence-corrected chi connectivity index (χ3v) is 5.62. The minimum atomic E-state index is -3.70. The number of benzene rings is 2. The summed E-state index contributed by atoms with van der Waals surface area (Å²) in [5.41, 5.74) is 2.69. The lowest BCUT2D eigenvalue weighted by Gasteiger charge is -2.07. The molecule has 0 aliphatic rings. The van der Waals surface area contributed by atoms with Gasteiger partial charge in [0.05, 0.1) is 16.4 Å². The summed E-state index contributed by atoms with van der Waals surface area (Å²) >= 11 is 1.24. The Labute approximate surface area is 169 Å². The molecular weight excluding hydrogens is 398 g/mol. The summed E-state index contributed by atoms with van der Waals surface area (Å²) in [5.74, 6) is 0.0648. The number of anilines is 1. The fraction of sp³-hybridized carbons (Fsp3) is 0.263. The van der Waals surface area contributed by atoms with Crippen LogP contribution in [0, 0.1) is 6.92 Å². The number of nitrogens with one attached hydrogen (secondary N) is 2. The summed E-state index contributed by atoms with van der Waals surface area (Å²) in [7, 11) is -3.70. The van der Waals surface area contributed by atoms with E-state index in [0.717, 1.165) is 16.8 Å². The Hall–Kier alpha value is -2.36. The van der Waals surface area contributed by atoms with Crippen LogP contribution in [0.25, 0.3) is 0 Å². The lowest BCUT2D eigenvalue weighted by Crippen LogP contribution is -2.28. The number of carbonyl (C=O) groups is 2. The first-order valence-electron chi connectivity index (χ1n) is 8.57. The second-order valence-electron chi connectivity index (χ2n) is 6.20. The van der Waals surface area contributed by atoms with E-state index in [9.17, 15) is 18.0 Å². The Morgan fingerprint density at radius 2 is 1.71 bits per heavy atom. The Kier molecular flexibility index (Phi) is 8.04. The van der Waals surface area contributed by atoms with Gasteiger partial charge < -0.3 is 10.6 Å². The highest BCUT2D eigenvalue weighted by molar-refractivity contribution is 8.00. The van der Waals surface area contributed by atoms with E-state index in [2.05, 4.69) is 10.6 Å². The quantitative estimate of drug-likeness (QED) is 0.569. The van der Waals surface area contributed by atoms with Gasteiger partial charge in [0, 0.05) is 12.2 Å². The van der Waals surface area contributed by atoms with Crippen molar-refractivity contribution in [2.75, 3.05) is 23.4 Å². The summed E-state index contributed by atoms with van der Waals surface area (Å²) in [6, 6.07) is 13.7. The number of hydrogen-bond donors (Lipinski definition) is 3. The number of sulfonamides is 1. The topological polar surface area (TPSA) is 118 Å². The predicted molar refractivity (Wildman–Crippen MR) is 112 cm³/mol. The van der Waals surface area contributed by atoms with Crippen molar-refractivity contribution in [3.8, 4) is 0 Å². The molecule has 2 aromatic carbocycles. The van der Waals surface area contributed by atoms with Crippen LogP contribution in [-0.4, -0.2) is 38.3 Å². The second-order valence-corrected chi connectivity index (χ2v) is 8.75. The van der Waals surface area contributed by atoms with Crippen LogP contribution in [0.15, 0.2) is 53.4 Å². The highest BCUT2D eigenvalue weighted by Gasteiger charge is 2.08. The number of rotatable bonds is 9. The summed E-state index contributed by atoms with van der Waals surface area (Å²) in [5, 5.41) is 10.6. The van der Waals surface area contributed by atoms with Crippen LogP contribution in [0.1, 0.15) is 11.1 Å². The smallest absolute Gasteiger partial charge is 0.238 e. The monoisotopic (exact) mass is 421 g/mol. The van der Waals surface area contributed by atoms with Gasteiger partial charge in [0.1, 0.15) is 0 Å². The van der Waals surface area contributed by atoms with E-state index in [1.165, 1.54) is 23.9 Å². The predicted octanol–water partition coefficient (Wildman–Crippen LogP) is 1.67. The zero-order valence-corrected chi connectivity index (χ0v) is 17.1. The molecule has 0 spiro atoms. The zero-order chi connectivity index (χ0) is 20.6. The maximum absolute atomic E-state index is 11.9. The molecule has 0 unspecified atom stereocenters. The van der Waals surface area contributed by atoms with Gasteiger partial charge in [0.2, 0.25) is 21.8 Å². The number of nitrogens with two attached hydrogens (primary N) is 1. The zero-order valence-electron chi connectivity index (χ0n) is 15.5. The van der Waals surface area contributed by atoms with Gasteiger partial charge in [-0.1, -0.05) is 24.3 Å². The van der Waals surface area contributed by atoms with Gasteiger partial charge in [-0.3, -0.25) is 9.59 Å². The average molecular weight is 422 g/mol.